The molecule has 32 heavy (non-hydrogen) atoms. The standard InChI is InChI=1S/C26H26O6/c1-5-6-21(22(28)11-7-18-9-13-24(30-2)20(15-18)17-27)23(29)12-8-19-10-14-25(31-3)26(16-19)32-4/h1,7-16,27-28H,6,17H2,2-4H3/b11-7+,12-8+,22-21-. The summed E-state index contributed by atoms with van der Waals surface area (Å²) < 4.78 is 15.6. The van der Waals surface area contributed by atoms with Gasteiger partial charge in [-0.25, -0.2) is 0 Å². The van der Waals surface area contributed by atoms with Gasteiger partial charge >= 0.3 is 0 Å². The summed E-state index contributed by atoms with van der Waals surface area (Å²) >= 11 is 0. The third-order valence-corrected chi connectivity index (χ3v) is 4.63. The first kappa shape index (κ1) is 24.3. The highest BCUT2D eigenvalue weighted by Crippen LogP contribution is 2.28. The molecular weight excluding hydrogens is 408 g/mol. The van der Waals surface area contributed by atoms with Crippen molar-refractivity contribution in [1.82, 2.24) is 0 Å². The number of ketones is 1. The molecule has 0 heterocycles. The molecule has 0 aliphatic carbocycles. The number of terminal acetylenes is 1. The Labute approximate surface area is 188 Å². The van der Waals surface area contributed by atoms with Gasteiger partial charge in [0.05, 0.1) is 33.5 Å². The lowest BCUT2D eigenvalue weighted by Crippen LogP contribution is -2.02. The number of allylic oxidation sites excluding steroid dienone is 3. The van der Waals surface area contributed by atoms with E-state index < -0.39 is 5.78 Å². The highest BCUT2D eigenvalue weighted by Gasteiger charge is 2.11. The summed E-state index contributed by atoms with van der Waals surface area (Å²) in [5.74, 6) is 3.44. The van der Waals surface area contributed by atoms with Crippen LogP contribution in [0, 0.1) is 12.3 Å². The van der Waals surface area contributed by atoms with E-state index in [0.29, 0.717) is 22.8 Å². The molecule has 0 atom stereocenters. The van der Waals surface area contributed by atoms with Gasteiger partial charge in [-0.1, -0.05) is 24.3 Å². The Bertz CT molecular complexity index is 1090. The van der Waals surface area contributed by atoms with Gasteiger partial charge in [0, 0.05) is 12.0 Å². The minimum absolute atomic E-state index is 0.0320. The molecule has 6 nitrogen and oxygen atoms in total. The fourth-order valence-electron chi connectivity index (χ4n) is 2.94. The number of hydrogen-bond donors (Lipinski definition) is 2. The Morgan fingerprint density at radius 3 is 2.12 bits per heavy atom. The normalized spacial score (nSPS) is 11.8. The first-order chi connectivity index (χ1) is 15.5. The molecule has 2 N–H and O–H groups in total. The molecule has 0 unspecified atom stereocenters. The van der Waals surface area contributed by atoms with Crippen LogP contribution in [-0.2, 0) is 11.4 Å². The van der Waals surface area contributed by atoms with Crippen LogP contribution in [0.15, 0.2) is 59.9 Å². The minimum Gasteiger partial charge on any atom is -0.507 e. The molecule has 0 saturated heterocycles. The second kappa shape index (κ2) is 12.0. The third-order valence-electron chi connectivity index (χ3n) is 4.63. The van der Waals surface area contributed by atoms with E-state index in [2.05, 4.69) is 5.92 Å². The van der Waals surface area contributed by atoms with Crippen molar-refractivity contribution >= 4 is 17.9 Å². The Kier molecular flexibility index (Phi) is 9.15. The quantitative estimate of drug-likeness (QED) is 0.251. The molecule has 0 amide bonds. The zero-order valence-electron chi connectivity index (χ0n) is 18.3. The van der Waals surface area contributed by atoms with E-state index in [9.17, 15) is 15.0 Å². The maximum absolute atomic E-state index is 12.7. The fourth-order valence-corrected chi connectivity index (χ4v) is 2.94. The van der Waals surface area contributed by atoms with Gasteiger partial charge in [0.2, 0.25) is 0 Å². The minimum atomic E-state index is -0.411. The van der Waals surface area contributed by atoms with Gasteiger partial charge in [-0.15, -0.1) is 12.3 Å². The lowest BCUT2D eigenvalue weighted by molar-refractivity contribution is -0.111. The number of methoxy groups -OCH3 is 3. The van der Waals surface area contributed by atoms with Crippen LogP contribution in [0.4, 0.5) is 0 Å². The van der Waals surface area contributed by atoms with Crippen LogP contribution in [0.25, 0.3) is 12.2 Å². The molecule has 0 fully saturated rings. The number of rotatable bonds is 10. The summed E-state index contributed by atoms with van der Waals surface area (Å²) in [6.45, 7) is -0.186. The van der Waals surface area contributed by atoms with Gasteiger partial charge in [-0.3, -0.25) is 4.79 Å². The van der Waals surface area contributed by atoms with E-state index in [1.54, 1.807) is 55.7 Å². The topological polar surface area (TPSA) is 85.2 Å². The average Bonchev–Trinajstić information content (AvgIpc) is 2.83. The Balaban J connectivity index is 2.27. The van der Waals surface area contributed by atoms with Crippen molar-refractivity contribution in [3.8, 4) is 29.6 Å². The van der Waals surface area contributed by atoms with Crippen molar-refractivity contribution in [3.63, 3.8) is 0 Å². The second-order valence-corrected chi connectivity index (χ2v) is 6.62. The molecule has 0 radical (unpaired) electrons. The number of aliphatic hydroxyl groups excluding tert-OH is 2. The number of benzene rings is 2. The Morgan fingerprint density at radius 2 is 1.53 bits per heavy atom. The zero-order chi connectivity index (χ0) is 23.5. The number of hydrogen-bond acceptors (Lipinski definition) is 6. The average molecular weight is 434 g/mol. The zero-order valence-corrected chi connectivity index (χ0v) is 18.3. The van der Waals surface area contributed by atoms with Crippen LogP contribution in [0.2, 0.25) is 0 Å². The SMILES string of the molecule is C#CC/C(C(=O)/C=C/c1ccc(OC)c(OC)c1)=C(O)\C=C\c1ccc(OC)c(CO)c1. The van der Waals surface area contributed by atoms with Gasteiger partial charge in [-0.05, 0) is 47.5 Å². The predicted molar refractivity (Wildman–Crippen MR) is 125 cm³/mol. The summed E-state index contributed by atoms with van der Waals surface area (Å²) in [5, 5.41) is 19.9. The molecule has 6 heteroatoms. The van der Waals surface area contributed by atoms with Crippen molar-refractivity contribution in [3.05, 3.63) is 76.6 Å². The third kappa shape index (κ3) is 6.27. The van der Waals surface area contributed by atoms with Gasteiger partial charge < -0.3 is 24.4 Å². The van der Waals surface area contributed by atoms with Crippen LogP contribution >= 0.6 is 0 Å². The van der Waals surface area contributed by atoms with Crippen molar-refractivity contribution < 1.29 is 29.2 Å². The molecule has 0 bridgehead atoms. The van der Waals surface area contributed by atoms with E-state index in [1.807, 2.05) is 0 Å². The first-order valence-electron chi connectivity index (χ1n) is 9.73. The maximum Gasteiger partial charge on any atom is 0.186 e. The molecular formula is C26H26O6. The van der Waals surface area contributed by atoms with Crippen molar-refractivity contribution in [2.75, 3.05) is 21.3 Å². The lowest BCUT2D eigenvalue weighted by atomic mass is 10.0. The molecule has 2 aromatic carbocycles. The highest BCUT2D eigenvalue weighted by molar-refractivity contribution is 6.07. The molecule has 166 valence electrons. The summed E-state index contributed by atoms with van der Waals surface area (Å²) in [7, 11) is 4.59. The maximum atomic E-state index is 12.7. The predicted octanol–water partition coefficient (Wildman–Crippen LogP) is 4.34. The van der Waals surface area contributed by atoms with E-state index >= 15 is 0 Å². The molecule has 0 saturated carbocycles. The molecule has 2 aromatic rings. The van der Waals surface area contributed by atoms with E-state index in [4.69, 9.17) is 20.6 Å². The second-order valence-electron chi connectivity index (χ2n) is 6.62. The van der Waals surface area contributed by atoms with Crippen molar-refractivity contribution in [1.29, 1.82) is 0 Å². The molecule has 2 rings (SSSR count). The Hall–Kier alpha value is -3.95. The number of carbonyl (C=O) groups is 1. The van der Waals surface area contributed by atoms with Crippen molar-refractivity contribution in [2.24, 2.45) is 0 Å². The largest absolute Gasteiger partial charge is 0.507 e. The van der Waals surface area contributed by atoms with Gasteiger partial charge in [-0.2, -0.15) is 0 Å². The number of ether oxygens (including phenoxy) is 3. The summed E-state index contributed by atoms with van der Waals surface area (Å²) in [4.78, 5) is 12.7. The van der Waals surface area contributed by atoms with Crippen LogP contribution in [0.5, 0.6) is 17.2 Å². The fraction of sp³-hybridized carbons (Fsp3) is 0.192. The first-order valence-corrected chi connectivity index (χ1v) is 9.73. The van der Waals surface area contributed by atoms with Gasteiger partial charge in [0.15, 0.2) is 17.3 Å². The molecule has 0 spiro atoms. The smallest absolute Gasteiger partial charge is 0.186 e. The summed E-state index contributed by atoms with van der Waals surface area (Å²) in [6, 6.07) is 10.4. The van der Waals surface area contributed by atoms with Crippen LogP contribution in [0.3, 0.4) is 0 Å². The van der Waals surface area contributed by atoms with Crippen LogP contribution < -0.4 is 14.2 Å². The van der Waals surface area contributed by atoms with Crippen LogP contribution in [-0.4, -0.2) is 37.3 Å². The van der Waals surface area contributed by atoms with Gasteiger partial charge in [0.1, 0.15) is 11.5 Å². The lowest BCUT2D eigenvalue weighted by Gasteiger charge is -2.08. The number of carbonyl (C=O) groups excluding carboxylic acids is 1. The van der Waals surface area contributed by atoms with Gasteiger partial charge in [0.25, 0.3) is 0 Å². The van der Waals surface area contributed by atoms with E-state index in [-0.39, 0.29) is 24.4 Å². The molecule has 0 aliphatic heterocycles. The van der Waals surface area contributed by atoms with Crippen LogP contribution in [0.1, 0.15) is 23.1 Å². The van der Waals surface area contributed by atoms with E-state index in [1.165, 1.54) is 26.4 Å². The van der Waals surface area contributed by atoms with Crippen molar-refractivity contribution in [2.45, 2.75) is 13.0 Å². The highest BCUT2D eigenvalue weighted by atomic mass is 16.5. The summed E-state index contributed by atoms with van der Waals surface area (Å²) in [6.07, 6.45) is 11.3. The van der Waals surface area contributed by atoms with E-state index in [0.717, 1.165) is 11.1 Å². The Morgan fingerprint density at radius 1 is 0.938 bits per heavy atom. The molecule has 0 aromatic heterocycles. The monoisotopic (exact) mass is 434 g/mol. The molecule has 0 aliphatic rings. The summed E-state index contributed by atoms with van der Waals surface area (Å²) in [5.41, 5.74) is 2.14. The number of aliphatic hydroxyl groups is 2.